The van der Waals surface area contributed by atoms with E-state index in [0.717, 1.165) is 18.1 Å². The Labute approximate surface area is 78.8 Å². The third-order valence-corrected chi connectivity index (χ3v) is 1.85. The maximum Gasteiger partial charge on any atom is 0.226 e. The van der Waals surface area contributed by atoms with Crippen LogP contribution in [-0.2, 0) is 0 Å². The molecule has 1 rings (SSSR count). The number of nitrogens with zero attached hydrogens (tertiary/aromatic N) is 3. The minimum atomic E-state index is 0.404. The van der Waals surface area contributed by atoms with Crippen LogP contribution in [0.4, 0.5) is 5.95 Å². The molecule has 4 nitrogen and oxygen atoms in total. The van der Waals surface area contributed by atoms with Gasteiger partial charge in [0.15, 0.2) is 0 Å². The van der Waals surface area contributed by atoms with Gasteiger partial charge in [0.1, 0.15) is 11.6 Å². The van der Waals surface area contributed by atoms with E-state index in [4.69, 9.17) is 0 Å². The van der Waals surface area contributed by atoms with E-state index in [0.29, 0.717) is 12.0 Å². The van der Waals surface area contributed by atoms with Gasteiger partial charge in [0.05, 0.1) is 0 Å². The van der Waals surface area contributed by atoms with Crippen molar-refractivity contribution in [1.82, 2.24) is 15.0 Å². The highest BCUT2D eigenvalue weighted by atomic mass is 15.2. The summed E-state index contributed by atoms with van der Waals surface area (Å²) in [6.07, 6.45) is 1.06. The summed E-state index contributed by atoms with van der Waals surface area (Å²) in [7, 11) is 0. The average Bonchev–Trinajstić information content (AvgIpc) is 2.02. The molecule has 1 unspecified atom stereocenters. The lowest BCUT2D eigenvalue weighted by Crippen LogP contribution is -2.16. The lowest BCUT2D eigenvalue weighted by Gasteiger charge is -2.11. The fraction of sp³-hybridized carbons (Fsp3) is 0.667. The van der Waals surface area contributed by atoms with E-state index in [1.807, 2.05) is 13.8 Å². The summed E-state index contributed by atoms with van der Waals surface area (Å²) in [4.78, 5) is 12.5. The van der Waals surface area contributed by atoms with Crippen LogP contribution in [0.3, 0.4) is 0 Å². The number of nitrogens with one attached hydrogen (secondary N) is 1. The molecule has 0 spiro atoms. The van der Waals surface area contributed by atoms with Gasteiger partial charge in [-0.15, -0.1) is 0 Å². The lowest BCUT2D eigenvalue weighted by atomic mass is 10.3. The third-order valence-electron chi connectivity index (χ3n) is 1.85. The summed E-state index contributed by atoms with van der Waals surface area (Å²) < 4.78 is 0. The summed E-state index contributed by atoms with van der Waals surface area (Å²) in [5, 5.41) is 3.21. The van der Waals surface area contributed by atoms with Crippen LogP contribution in [0.1, 0.15) is 31.9 Å². The molecule has 4 heteroatoms. The zero-order valence-electron chi connectivity index (χ0n) is 8.63. The molecule has 1 aromatic rings. The van der Waals surface area contributed by atoms with Crippen molar-refractivity contribution < 1.29 is 0 Å². The van der Waals surface area contributed by atoms with Crippen LogP contribution in [0, 0.1) is 13.8 Å². The van der Waals surface area contributed by atoms with E-state index >= 15 is 0 Å². The van der Waals surface area contributed by atoms with Gasteiger partial charge < -0.3 is 5.32 Å². The molecule has 0 bridgehead atoms. The smallest absolute Gasteiger partial charge is 0.226 e. The molecule has 0 amide bonds. The Morgan fingerprint density at radius 1 is 1.15 bits per heavy atom. The van der Waals surface area contributed by atoms with E-state index in [-0.39, 0.29) is 0 Å². The quantitative estimate of drug-likeness (QED) is 0.769. The first kappa shape index (κ1) is 9.89. The van der Waals surface area contributed by atoms with Crippen molar-refractivity contribution in [2.24, 2.45) is 0 Å². The van der Waals surface area contributed by atoms with Crippen LogP contribution < -0.4 is 5.32 Å². The molecule has 1 atom stereocenters. The zero-order valence-corrected chi connectivity index (χ0v) is 8.63. The van der Waals surface area contributed by atoms with Gasteiger partial charge >= 0.3 is 0 Å². The number of aryl methyl sites for hydroxylation is 2. The molecule has 0 radical (unpaired) electrons. The summed E-state index contributed by atoms with van der Waals surface area (Å²) >= 11 is 0. The number of anilines is 1. The van der Waals surface area contributed by atoms with Gasteiger partial charge in [-0.3, -0.25) is 0 Å². The van der Waals surface area contributed by atoms with Gasteiger partial charge in [0, 0.05) is 6.04 Å². The monoisotopic (exact) mass is 180 g/mol. The Bertz CT molecular complexity index is 265. The van der Waals surface area contributed by atoms with Crippen LogP contribution >= 0.6 is 0 Å². The van der Waals surface area contributed by atoms with Crippen molar-refractivity contribution in [2.75, 3.05) is 5.32 Å². The van der Waals surface area contributed by atoms with Crippen molar-refractivity contribution in [3.63, 3.8) is 0 Å². The van der Waals surface area contributed by atoms with Gasteiger partial charge in [-0.25, -0.2) is 4.98 Å². The Balaban J connectivity index is 2.77. The van der Waals surface area contributed by atoms with Crippen molar-refractivity contribution in [3.8, 4) is 0 Å². The van der Waals surface area contributed by atoms with Gasteiger partial charge in [-0.05, 0) is 27.2 Å². The van der Waals surface area contributed by atoms with Crippen LogP contribution in [0.15, 0.2) is 0 Å². The second-order valence-electron chi connectivity index (χ2n) is 3.21. The second-order valence-corrected chi connectivity index (χ2v) is 3.21. The predicted octanol–water partition coefficient (Wildman–Crippen LogP) is 1.70. The fourth-order valence-corrected chi connectivity index (χ4v) is 1.00. The molecule has 0 aliphatic rings. The molecule has 0 saturated heterocycles. The van der Waals surface area contributed by atoms with Crippen molar-refractivity contribution in [2.45, 2.75) is 40.2 Å². The highest BCUT2D eigenvalue weighted by molar-refractivity contribution is 5.25. The third kappa shape index (κ3) is 2.97. The molecular weight excluding hydrogens is 164 g/mol. The molecule has 1 heterocycles. The molecule has 0 aliphatic heterocycles. The summed E-state index contributed by atoms with van der Waals surface area (Å²) in [5.74, 6) is 2.20. The number of rotatable bonds is 3. The fourth-order valence-electron chi connectivity index (χ4n) is 1.00. The topological polar surface area (TPSA) is 50.7 Å². The van der Waals surface area contributed by atoms with Gasteiger partial charge in [-0.2, -0.15) is 9.97 Å². The molecule has 0 aromatic carbocycles. The molecule has 1 N–H and O–H groups in total. The summed E-state index contributed by atoms with van der Waals surface area (Å²) in [5.41, 5.74) is 0. The average molecular weight is 180 g/mol. The first-order chi connectivity index (χ1) is 6.11. The first-order valence-corrected chi connectivity index (χ1v) is 4.57. The van der Waals surface area contributed by atoms with Crippen molar-refractivity contribution in [1.29, 1.82) is 0 Å². The standard InChI is InChI=1S/C9H16N4/c1-5-6(2)10-9-12-7(3)11-8(4)13-9/h6H,5H2,1-4H3,(H,10,11,12,13). The minimum absolute atomic E-state index is 0.404. The van der Waals surface area contributed by atoms with E-state index < -0.39 is 0 Å². The van der Waals surface area contributed by atoms with E-state index in [1.165, 1.54) is 0 Å². The highest BCUT2D eigenvalue weighted by Gasteiger charge is 2.02. The zero-order chi connectivity index (χ0) is 9.84. The Morgan fingerprint density at radius 2 is 1.69 bits per heavy atom. The Morgan fingerprint density at radius 3 is 2.15 bits per heavy atom. The van der Waals surface area contributed by atoms with Crippen LogP contribution in [0.5, 0.6) is 0 Å². The van der Waals surface area contributed by atoms with E-state index in [9.17, 15) is 0 Å². The van der Waals surface area contributed by atoms with Crippen molar-refractivity contribution >= 4 is 5.95 Å². The normalized spacial score (nSPS) is 12.6. The molecule has 1 aromatic heterocycles. The molecule has 13 heavy (non-hydrogen) atoms. The van der Waals surface area contributed by atoms with E-state index in [1.54, 1.807) is 0 Å². The number of hydrogen-bond donors (Lipinski definition) is 1. The van der Waals surface area contributed by atoms with Gasteiger partial charge in [-0.1, -0.05) is 6.92 Å². The Kier molecular flexibility index (Phi) is 3.17. The van der Waals surface area contributed by atoms with Gasteiger partial charge in [0.25, 0.3) is 0 Å². The maximum absolute atomic E-state index is 4.19. The van der Waals surface area contributed by atoms with Crippen LogP contribution in [-0.4, -0.2) is 21.0 Å². The highest BCUT2D eigenvalue weighted by Crippen LogP contribution is 2.03. The maximum atomic E-state index is 4.19. The molecule has 0 saturated carbocycles. The SMILES string of the molecule is CCC(C)Nc1nc(C)nc(C)n1. The predicted molar refractivity (Wildman–Crippen MR) is 52.7 cm³/mol. The molecule has 0 fully saturated rings. The molecular formula is C9H16N4. The molecule has 72 valence electrons. The molecule has 0 aliphatic carbocycles. The van der Waals surface area contributed by atoms with Crippen LogP contribution in [0.25, 0.3) is 0 Å². The lowest BCUT2D eigenvalue weighted by molar-refractivity contribution is 0.745. The Hall–Kier alpha value is -1.19. The van der Waals surface area contributed by atoms with Crippen molar-refractivity contribution in [3.05, 3.63) is 11.6 Å². The summed E-state index contributed by atoms with van der Waals surface area (Å²) in [6.45, 7) is 7.97. The first-order valence-electron chi connectivity index (χ1n) is 4.57. The minimum Gasteiger partial charge on any atom is -0.352 e. The number of hydrogen-bond acceptors (Lipinski definition) is 4. The summed E-state index contributed by atoms with van der Waals surface area (Å²) in [6, 6.07) is 0.404. The second kappa shape index (κ2) is 4.16. The largest absolute Gasteiger partial charge is 0.352 e. The van der Waals surface area contributed by atoms with Crippen LogP contribution in [0.2, 0.25) is 0 Å². The number of aromatic nitrogens is 3. The van der Waals surface area contributed by atoms with Gasteiger partial charge in [0.2, 0.25) is 5.95 Å². The van der Waals surface area contributed by atoms with E-state index in [2.05, 4.69) is 34.1 Å².